The maximum atomic E-state index is 6.31. The number of rotatable bonds is 3. The first-order chi connectivity index (χ1) is 7.97. The van der Waals surface area contributed by atoms with Crippen LogP contribution in [0.4, 0.5) is 0 Å². The Kier molecular flexibility index (Phi) is 3.50. The highest BCUT2D eigenvalue weighted by atomic mass is 35.5. The van der Waals surface area contributed by atoms with Crippen LogP contribution in [0.25, 0.3) is 0 Å². The van der Waals surface area contributed by atoms with Crippen LogP contribution in [0.5, 0.6) is 0 Å². The number of nitrogens with two attached hydrogens (primary N) is 1. The number of aryl methyl sites for hydroxylation is 2. The summed E-state index contributed by atoms with van der Waals surface area (Å²) in [6.45, 7) is 5.10. The third kappa shape index (κ3) is 2.36. The molecule has 2 atom stereocenters. The van der Waals surface area contributed by atoms with Crippen LogP contribution in [0.2, 0.25) is 5.15 Å². The van der Waals surface area contributed by atoms with Crippen LogP contribution in [-0.2, 0) is 13.5 Å². The highest BCUT2D eigenvalue weighted by Crippen LogP contribution is 2.44. The molecular weight excluding hydrogens is 234 g/mol. The third-order valence-corrected chi connectivity index (χ3v) is 4.68. The van der Waals surface area contributed by atoms with Crippen molar-refractivity contribution >= 4 is 11.6 Å². The predicted octanol–water partition coefficient (Wildman–Crippen LogP) is 2.69. The highest BCUT2D eigenvalue weighted by Gasteiger charge is 2.37. The largest absolute Gasteiger partial charge is 0.330 e. The molecule has 1 heterocycles. The Morgan fingerprint density at radius 1 is 1.59 bits per heavy atom. The molecule has 1 aromatic heterocycles. The van der Waals surface area contributed by atoms with Gasteiger partial charge in [0.15, 0.2) is 0 Å². The summed E-state index contributed by atoms with van der Waals surface area (Å²) >= 11 is 6.31. The molecule has 4 heteroatoms. The van der Waals surface area contributed by atoms with Gasteiger partial charge in [-0.05, 0) is 44.1 Å². The first kappa shape index (κ1) is 12.9. The van der Waals surface area contributed by atoms with Crippen molar-refractivity contribution in [2.45, 2.75) is 39.5 Å². The third-order valence-electron chi connectivity index (χ3n) is 4.20. The molecule has 1 aliphatic rings. The van der Waals surface area contributed by atoms with E-state index in [0.717, 1.165) is 29.7 Å². The van der Waals surface area contributed by atoms with Crippen molar-refractivity contribution in [1.29, 1.82) is 0 Å². The molecule has 0 amide bonds. The van der Waals surface area contributed by atoms with Crippen molar-refractivity contribution in [2.24, 2.45) is 24.1 Å². The number of nitrogens with zero attached hydrogens (tertiary/aromatic N) is 2. The molecule has 1 aromatic rings. The summed E-state index contributed by atoms with van der Waals surface area (Å²) in [7, 11) is 1.89. The molecule has 0 aliphatic heterocycles. The van der Waals surface area contributed by atoms with Crippen molar-refractivity contribution < 1.29 is 0 Å². The Hall–Kier alpha value is -0.540. The zero-order chi connectivity index (χ0) is 12.6. The summed E-state index contributed by atoms with van der Waals surface area (Å²) in [4.78, 5) is 0. The van der Waals surface area contributed by atoms with E-state index in [0.29, 0.717) is 0 Å². The van der Waals surface area contributed by atoms with Gasteiger partial charge < -0.3 is 5.73 Å². The van der Waals surface area contributed by atoms with E-state index in [1.165, 1.54) is 24.8 Å². The zero-order valence-electron chi connectivity index (χ0n) is 11.0. The van der Waals surface area contributed by atoms with Crippen molar-refractivity contribution in [2.75, 3.05) is 6.54 Å². The van der Waals surface area contributed by atoms with Gasteiger partial charge in [0.2, 0.25) is 0 Å². The molecule has 2 N–H and O–H groups in total. The van der Waals surface area contributed by atoms with Crippen LogP contribution in [0, 0.1) is 18.3 Å². The van der Waals surface area contributed by atoms with Gasteiger partial charge in [0.05, 0.1) is 5.69 Å². The first-order valence-electron chi connectivity index (χ1n) is 6.35. The zero-order valence-corrected chi connectivity index (χ0v) is 11.7. The second kappa shape index (κ2) is 4.62. The van der Waals surface area contributed by atoms with Crippen LogP contribution < -0.4 is 5.73 Å². The fraction of sp³-hybridized carbons (Fsp3) is 0.769. The molecule has 1 saturated carbocycles. The highest BCUT2D eigenvalue weighted by molar-refractivity contribution is 6.30. The number of halogens is 1. The molecule has 2 unspecified atom stereocenters. The maximum absolute atomic E-state index is 6.31. The summed E-state index contributed by atoms with van der Waals surface area (Å²) in [5.74, 6) is 0.786. The van der Waals surface area contributed by atoms with E-state index in [2.05, 4.69) is 12.0 Å². The quantitative estimate of drug-likeness (QED) is 0.903. The Labute approximate surface area is 108 Å². The van der Waals surface area contributed by atoms with Gasteiger partial charge in [-0.15, -0.1) is 0 Å². The predicted molar refractivity (Wildman–Crippen MR) is 71.2 cm³/mol. The van der Waals surface area contributed by atoms with Crippen LogP contribution >= 0.6 is 11.6 Å². The minimum atomic E-state index is 0.247. The van der Waals surface area contributed by atoms with E-state index < -0.39 is 0 Å². The van der Waals surface area contributed by atoms with Gasteiger partial charge in [-0.3, -0.25) is 4.68 Å². The van der Waals surface area contributed by atoms with Crippen LogP contribution in [0.1, 0.15) is 37.4 Å². The Morgan fingerprint density at radius 2 is 2.29 bits per heavy atom. The Balaban J connectivity index is 2.24. The van der Waals surface area contributed by atoms with Gasteiger partial charge in [0.1, 0.15) is 5.15 Å². The molecule has 3 nitrogen and oxygen atoms in total. The van der Waals surface area contributed by atoms with Crippen LogP contribution in [-0.4, -0.2) is 16.3 Å². The number of hydrogen-bond donors (Lipinski definition) is 1. The minimum Gasteiger partial charge on any atom is -0.330 e. The van der Waals surface area contributed by atoms with Crippen molar-refractivity contribution in [3.63, 3.8) is 0 Å². The van der Waals surface area contributed by atoms with E-state index >= 15 is 0 Å². The normalized spacial score (nSPS) is 28.9. The second-order valence-electron chi connectivity index (χ2n) is 5.71. The van der Waals surface area contributed by atoms with Gasteiger partial charge >= 0.3 is 0 Å². The fourth-order valence-corrected chi connectivity index (χ4v) is 3.41. The van der Waals surface area contributed by atoms with Crippen LogP contribution in [0.15, 0.2) is 0 Å². The second-order valence-corrected chi connectivity index (χ2v) is 6.07. The van der Waals surface area contributed by atoms with E-state index in [1.807, 2.05) is 14.0 Å². The molecule has 0 saturated heterocycles. The van der Waals surface area contributed by atoms with Gasteiger partial charge in [0.25, 0.3) is 0 Å². The smallest absolute Gasteiger partial charge is 0.130 e. The molecule has 0 aromatic carbocycles. The average Bonchev–Trinajstić information content (AvgIpc) is 2.76. The lowest BCUT2D eigenvalue weighted by molar-refractivity contribution is 0.295. The number of aromatic nitrogens is 2. The van der Waals surface area contributed by atoms with Crippen molar-refractivity contribution in [3.8, 4) is 0 Å². The van der Waals surface area contributed by atoms with Crippen molar-refractivity contribution in [1.82, 2.24) is 9.78 Å². The minimum absolute atomic E-state index is 0.247. The van der Waals surface area contributed by atoms with E-state index in [4.69, 9.17) is 17.3 Å². The molecule has 2 rings (SSSR count). The molecule has 0 spiro atoms. The molecule has 1 aliphatic carbocycles. The van der Waals surface area contributed by atoms with E-state index in [9.17, 15) is 0 Å². The molecule has 96 valence electrons. The summed E-state index contributed by atoms with van der Waals surface area (Å²) in [6, 6.07) is 0. The number of hydrogen-bond acceptors (Lipinski definition) is 2. The SMILES string of the molecule is Cc1nn(C)c(Cl)c1CC1(CN)CCC(C)C1. The van der Waals surface area contributed by atoms with Gasteiger partial charge in [-0.2, -0.15) is 5.10 Å². The topological polar surface area (TPSA) is 43.8 Å². The van der Waals surface area contributed by atoms with Gasteiger partial charge in [0, 0.05) is 12.6 Å². The fourth-order valence-electron chi connectivity index (χ4n) is 3.16. The van der Waals surface area contributed by atoms with Crippen LogP contribution in [0.3, 0.4) is 0 Å². The van der Waals surface area contributed by atoms with Crippen molar-refractivity contribution in [3.05, 3.63) is 16.4 Å². The standard InChI is InChI=1S/C13H22ClN3/c1-9-4-5-13(6-9,8-15)7-11-10(2)16-17(3)12(11)14/h9H,4-8,15H2,1-3H3. The van der Waals surface area contributed by atoms with Gasteiger partial charge in [-0.1, -0.05) is 24.9 Å². The lowest BCUT2D eigenvalue weighted by atomic mass is 9.79. The summed E-state index contributed by atoms with van der Waals surface area (Å²) in [5.41, 5.74) is 8.50. The molecule has 0 radical (unpaired) electrons. The lowest BCUT2D eigenvalue weighted by Gasteiger charge is -2.27. The summed E-state index contributed by atoms with van der Waals surface area (Å²) in [5, 5.41) is 5.15. The van der Waals surface area contributed by atoms with Gasteiger partial charge in [-0.25, -0.2) is 0 Å². The Bertz CT molecular complexity index is 413. The summed E-state index contributed by atoms with van der Waals surface area (Å²) in [6.07, 6.45) is 4.70. The average molecular weight is 256 g/mol. The monoisotopic (exact) mass is 255 g/mol. The molecule has 0 bridgehead atoms. The molecular formula is C13H22ClN3. The Morgan fingerprint density at radius 3 is 2.71 bits per heavy atom. The maximum Gasteiger partial charge on any atom is 0.130 e. The van der Waals surface area contributed by atoms with E-state index in [1.54, 1.807) is 4.68 Å². The van der Waals surface area contributed by atoms with E-state index in [-0.39, 0.29) is 5.41 Å². The first-order valence-corrected chi connectivity index (χ1v) is 6.73. The molecule has 17 heavy (non-hydrogen) atoms. The summed E-state index contributed by atoms with van der Waals surface area (Å²) < 4.78 is 1.76. The lowest BCUT2D eigenvalue weighted by Crippen LogP contribution is -2.30. The molecule has 1 fully saturated rings.